The van der Waals surface area contributed by atoms with E-state index in [4.69, 9.17) is 10.5 Å². The molecule has 0 aliphatic carbocycles. The van der Waals surface area contributed by atoms with Crippen LogP contribution in [-0.2, 0) is 14.3 Å². The van der Waals surface area contributed by atoms with Gasteiger partial charge in [-0.05, 0) is 18.8 Å². The lowest BCUT2D eigenvalue weighted by molar-refractivity contribution is -0.146. The lowest BCUT2D eigenvalue weighted by atomic mass is 9.92. The molecule has 1 atom stereocenters. The van der Waals surface area contributed by atoms with E-state index in [-0.39, 0.29) is 24.2 Å². The Morgan fingerprint density at radius 2 is 1.93 bits per heavy atom. The molecule has 0 aromatic heterocycles. The minimum Gasteiger partial charge on any atom is -0.469 e. The third-order valence-electron chi connectivity index (χ3n) is 2.29. The van der Waals surface area contributed by atoms with Crippen LogP contribution in [0, 0.1) is 11.8 Å². The van der Waals surface area contributed by atoms with E-state index >= 15 is 0 Å². The molecule has 0 aromatic rings. The fourth-order valence-electron chi connectivity index (χ4n) is 1.50. The van der Waals surface area contributed by atoms with Crippen molar-refractivity contribution >= 4 is 11.8 Å². The first-order valence-corrected chi connectivity index (χ1v) is 5.30. The van der Waals surface area contributed by atoms with Gasteiger partial charge >= 0.3 is 5.97 Å². The molecule has 0 radical (unpaired) electrons. The molecule has 0 aromatic carbocycles. The number of nitrogens with two attached hydrogens (primary N) is 1. The Balaban J connectivity index is 4.12. The van der Waals surface area contributed by atoms with Gasteiger partial charge in [-0.2, -0.15) is 0 Å². The van der Waals surface area contributed by atoms with E-state index in [1.54, 1.807) is 0 Å². The lowest BCUT2D eigenvalue weighted by Crippen LogP contribution is -2.21. The topological polar surface area (TPSA) is 69.4 Å². The SMILES string of the molecule is COC(=O)C(CCC(=O)CN)CC(C)C. The molecule has 0 saturated carbocycles. The number of carbonyl (C=O) groups is 2. The molecule has 0 saturated heterocycles. The molecule has 1 unspecified atom stereocenters. The molecule has 2 N–H and O–H groups in total. The van der Waals surface area contributed by atoms with Gasteiger partial charge in [0.05, 0.1) is 19.6 Å². The number of hydrogen-bond acceptors (Lipinski definition) is 4. The highest BCUT2D eigenvalue weighted by Crippen LogP contribution is 2.18. The van der Waals surface area contributed by atoms with Gasteiger partial charge in [0.15, 0.2) is 0 Å². The summed E-state index contributed by atoms with van der Waals surface area (Å²) >= 11 is 0. The molecule has 15 heavy (non-hydrogen) atoms. The van der Waals surface area contributed by atoms with E-state index in [1.807, 2.05) is 13.8 Å². The molecule has 0 bridgehead atoms. The Labute approximate surface area is 91.2 Å². The maximum absolute atomic E-state index is 11.4. The van der Waals surface area contributed by atoms with Crippen molar-refractivity contribution < 1.29 is 14.3 Å². The molecule has 0 spiro atoms. The van der Waals surface area contributed by atoms with Crippen molar-refractivity contribution in [2.75, 3.05) is 13.7 Å². The van der Waals surface area contributed by atoms with E-state index in [0.717, 1.165) is 6.42 Å². The highest BCUT2D eigenvalue weighted by Gasteiger charge is 2.20. The molecular weight excluding hydrogens is 194 g/mol. The smallest absolute Gasteiger partial charge is 0.308 e. The van der Waals surface area contributed by atoms with E-state index in [2.05, 4.69) is 0 Å². The number of hydrogen-bond donors (Lipinski definition) is 1. The predicted octanol–water partition coefficient (Wildman–Crippen LogP) is 1.13. The fourth-order valence-corrected chi connectivity index (χ4v) is 1.50. The summed E-state index contributed by atoms with van der Waals surface area (Å²) in [6.07, 6.45) is 1.66. The third-order valence-corrected chi connectivity index (χ3v) is 2.29. The Kier molecular flexibility index (Phi) is 6.96. The standard InChI is InChI=1S/C11H21NO3/c1-8(2)6-9(11(14)15-3)4-5-10(13)7-12/h8-9H,4-7,12H2,1-3H3. The normalized spacial score (nSPS) is 12.6. The fraction of sp³-hybridized carbons (Fsp3) is 0.818. The maximum atomic E-state index is 11.4. The first-order chi connectivity index (χ1) is 7.01. The molecule has 0 heterocycles. The van der Waals surface area contributed by atoms with Gasteiger partial charge in [0.25, 0.3) is 0 Å². The summed E-state index contributed by atoms with van der Waals surface area (Å²) in [5.41, 5.74) is 5.20. The van der Waals surface area contributed by atoms with Crippen molar-refractivity contribution in [2.45, 2.75) is 33.1 Å². The Hall–Kier alpha value is -0.900. The average Bonchev–Trinajstić information content (AvgIpc) is 2.21. The molecule has 4 heteroatoms. The van der Waals surface area contributed by atoms with Crippen molar-refractivity contribution in [1.29, 1.82) is 0 Å². The van der Waals surface area contributed by atoms with Crippen molar-refractivity contribution in [3.05, 3.63) is 0 Å². The zero-order valence-corrected chi connectivity index (χ0v) is 9.79. The minimum absolute atomic E-state index is 0.00680. The maximum Gasteiger partial charge on any atom is 0.308 e. The van der Waals surface area contributed by atoms with E-state index in [1.165, 1.54) is 7.11 Å². The highest BCUT2D eigenvalue weighted by atomic mass is 16.5. The van der Waals surface area contributed by atoms with Crippen LogP contribution in [0.25, 0.3) is 0 Å². The van der Waals surface area contributed by atoms with Crippen molar-refractivity contribution in [2.24, 2.45) is 17.6 Å². The molecule has 4 nitrogen and oxygen atoms in total. The zero-order valence-electron chi connectivity index (χ0n) is 9.79. The summed E-state index contributed by atoms with van der Waals surface area (Å²) in [4.78, 5) is 22.4. The van der Waals surface area contributed by atoms with Gasteiger partial charge in [-0.3, -0.25) is 9.59 Å². The second kappa shape index (κ2) is 7.40. The van der Waals surface area contributed by atoms with Gasteiger partial charge in [0, 0.05) is 6.42 Å². The number of esters is 1. The van der Waals surface area contributed by atoms with Crippen LogP contribution in [0.2, 0.25) is 0 Å². The van der Waals surface area contributed by atoms with Crippen LogP contribution < -0.4 is 5.73 Å². The predicted molar refractivity (Wildman–Crippen MR) is 58.3 cm³/mol. The molecule has 0 aliphatic heterocycles. The summed E-state index contributed by atoms with van der Waals surface area (Å²) in [5, 5.41) is 0. The van der Waals surface area contributed by atoms with Gasteiger partial charge < -0.3 is 10.5 Å². The first-order valence-electron chi connectivity index (χ1n) is 5.30. The quantitative estimate of drug-likeness (QED) is 0.646. The van der Waals surface area contributed by atoms with Gasteiger partial charge in [-0.25, -0.2) is 0 Å². The van der Waals surface area contributed by atoms with Crippen LogP contribution in [0.1, 0.15) is 33.1 Å². The van der Waals surface area contributed by atoms with Gasteiger partial charge in [0.2, 0.25) is 0 Å². The van der Waals surface area contributed by atoms with Crippen molar-refractivity contribution in [3.63, 3.8) is 0 Å². The Morgan fingerprint density at radius 1 is 1.33 bits per heavy atom. The van der Waals surface area contributed by atoms with Gasteiger partial charge in [-0.1, -0.05) is 13.8 Å². The van der Waals surface area contributed by atoms with Crippen LogP contribution in [0.15, 0.2) is 0 Å². The lowest BCUT2D eigenvalue weighted by Gasteiger charge is -2.15. The minimum atomic E-state index is -0.228. The van der Waals surface area contributed by atoms with Crippen molar-refractivity contribution in [1.82, 2.24) is 0 Å². The molecule has 0 rings (SSSR count). The average molecular weight is 215 g/mol. The number of carbonyl (C=O) groups excluding carboxylic acids is 2. The van der Waals surface area contributed by atoms with E-state index < -0.39 is 0 Å². The van der Waals surface area contributed by atoms with Crippen LogP contribution >= 0.6 is 0 Å². The van der Waals surface area contributed by atoms with E-state index in [9.17, 15) is 9.59 Å². The van der Waals surface area contributed by atoms with Gasteiger partial charge in [0.1, 0.15) is 5.78 Å². The third kappa shape index (κ3) is 6.23. The highest BCUT2D eigenvalue weighted by molar-refractivity contribution is 5.81. The Bertz CT molecular complexity index is 214. The molecule has 0 amide bonds. The van der Waals surface area contributed by atoms with E-state index in [0.29, 0.717) is 18.8 Å². The molecule has 0 fully saturated rings. The van der Waals surface area contributed by atoms with Crippen molar-refractivity contribution in [3.8, 4) is 0 Å². The summed E-state index contributed by atoms with van der Waals surface area (Å²) in [5.74, 6) is 0.00811. The van der Waals surface area contributed by atoms with Crippen LogP contribution in [0.3, 0.4) is 0 Å². The summed E-state index contributed by atoms with van der Waals surface area (Å²) in [7, 11) is 1.38. The molecule has 88 valence electrons. The first kappa shape index (κ1) is 14.1. The van der Waals surface area contributed by atoms with Crippen LogP contribution in [-0.4, -0.2) is 25.4 Å². The largest absolute Gasteiger partial charge is 0.469 e. The molecular formula is C11H21NO3. The summed E-state index contributed by atoms with van der Waals surface area (Å²) in [6, 6.07) is 0. The summed E-state index contributed by atoms with van der Waals surface area (Å²) < 4.78 is 4.70. The monoisotopic (exact) mass is 215 g/mol. The zero-order chi connectivity index (χ0) is 11.8. The summed E-state index contributed by atoms with van der Waals surface area (Å²) in [6.45, 7) is 4.14. The van der Waals surface area contributed by atoms with Crippen LogP contribution in [0.5, 0.6) is 0 Å². The number of ether oxygens (including phenoxy) is 1. The van der Waals surface area contributed by atoms with Crippen LogP contribution in [0.4, 0.5) is 0 Å². The number of Topliss-reactive ketones (excluding diaryl/α,β-unsaturated/α-hetero) is 1. The number of ketones is 1. The number of rotatable bonds is 7. The number of methoxy groups -OCH3 is 1. The van der Waals surface area contributed by atoms with Gasteiger partial charge in [-0.15, -0.1) is 0 Å². The second-order valence-corrected chi connectivity index (χ2v) is 4.13. The second-order valence-electron chi connectivity index (χ2n) is 4.13. The Morgan fingerprint density at radius 3 is 2.33 bits per heavy atom. The molecule has 0 aliphatic rings.